The van der Waals surface area contributed by atoms with Gasteiger partial charge in [0, 0.05) is 25.7 Å². The quantitative estimate of drug-likeness (QED) is 0.0169. The molecule has 0 bridgehead atoms. The van der Waals surface area contributed by atoms with Crippen LogP contribution < -0.4 is 0 Å². The third kappa shape index (κ3) is 76.1. The number of aliphatic hydroxyl groups is 1. The van der Waals surface area contributed by atoms with Gasteiger partial charge in [0.05, 0.1) is 26.4 Å². The molecular weight excluding hydrogens is 1340 g/mol. The van der Waals surface area contributed by atoms with Gasteiger partial charge in [-0.2, -0.15) is 0 Å². The molecule has 0 radical (unpaired) electrons. The van der Waals surface area contributed by atoms with Crippen LogP contribution in [-0.2, 0) is 65.4 Å². The number of ether oxygens (including phenoxy) is 4. The van der Waals surface area contributed by atoms with E-state index in [1.807, 2.05) is 0 Å². The Kier molecular flexibility index (Phi) is 73.2. The van der Waals surface area contributed by atoms with Crippen molar-refractivity contribution in [2.24, 2.45) is 11.8 Å². The minimum Gasteiger partial charge on any atom is -0.462 e. The van der Waals surface area contributed by atoms with E-state index in [4.69, 9.17) is 37.0 Å². The van der Waals surface area contributed by atoms with Crippen molar-refractivity contribution in [3.05, 3.63) is 24.3 Å². The first kappa shape index (κ1) is 101. The van der Waals surface area contributed by atoms with E-state index in [1.54, 1.807) is 0 Å². The zero-order valence-corrected chi connectivity index (χ0v) is 68.9. The SMILES string of the molecule is CCCCCC/C=C\C=C/CCCCCCCC(=O)O[C@H](COC(=O)CCCCCCCCCCC(C)CC)COP(=O)(O)OC[C@H](O)COP(=O)(O)OC[C@@H](COC(=O)CCCCCCCCCCCCCCCCCCC)OC(=O)CCCCCCCCCCCCCCCCCCC(C)C. The number of aliphatic hydroxyl groups excluding tert-OH is 1. The molecular formula is C84H160O17P2. The van der Waals surface area contributed by atoms with E-state index in [0.29, 0.717) is 25.7 Å². The maximum atomic E-state index is 13.1. The number of hydrogen-bond acceptors (Lipinski definition) is 15. The largest absolute Gasteiger partial charge is 0.472 e. The van der Waals surface area contributed by atoms with Gasteiger partial charge in [-0.05, 0) is 63.2 Å². The Bertz CT molecular complexity index is 2070. The molecule has 0 aliphatic heterocycles. The molecule has 6 atom stereocenters. The Hall–Kier alpha value is -2.46. The molecule has 0 aliphatic carbocycles. The average Bonchev–Trinajstić information content (AvgIpc) is 0.905. The Balaban J connectivity index is 5.29. The second kappa shape index (κ2) is 75.0. The van der Waals surface area contributed by atoms with Crippen LogP contribution in [0, 0.1) is 11.8 Å². The number of allylic oxidation sites excluding steroid dienone is 4. The molecule has 0 aromatic rings. The number of hydrogen-bond donors (Lipinski definition) is 3. The summed E-state index contributed by atoms with van der Waals surface area (Å²) >= 11 is 0. The summed E-state index contributed by atoms with van der Waals surface area (Å²) < 4.78 is 68.8. The number of unbranched alkanes of at least 4 members (excludes halogenated alkanes) is 47. The van der Waals surface area contributed by atoms with E-state index in [2.05, 4.69) is 65.8 Å². The Morgan fingerprint density at radius 1 is 0.320 bits per heavy atom. The minimum atomic E-state index is -4.97. The van der Waals surface area contributed by atoms with E-state index in [0.717, 1.165) is 115 Å². The third-order valence-corrected chi connectivity index (χ3v) is 21.3. The molecule has 17 nitrogen and oxygen atoms in total. The molecule has 0 saturated carbocycles. The van der Waals surface area contributed by atoms with Crippen molar-refractivity contribution in [1.29, 1.82) is 0 Å². The maximum Gasteiger partial charge on any atom is 0.472 e. The lowest BCUT2D eigenvalue weighted by atomic mass is 9.99. The van der Waals surface area contributed by atoms with Gasteiger partial charge >= 0.3 is 39.5 Å². The number of phosphoric acid groups is 2. The summed E-state index contributed by atoms with van der Waals surface area (Å²) in [6.45, 7) is 9.62. The maximum absolute atomic E-state index is 13.1. The first-order valence-electron chi connectivity index (χ1n) is 42.8. The van der Waals surface area contributed by atoms with Gasteiger partial charge in [0.25, 0.3) is 0 Å². The highest BCUT2D eigenvalue weighted by Crippen LogP contribution is 2.45. The lowest BCUT2D eigenvalue weighted by molar-refractivity contribution is -0.161. The van der Waals surface area contributed by atoms with Gasteiger partial charge in [0.2, 0.25) is 0 Å². The van der Waals surface area contributed by atoms with Gasteiger partial charge in [-0.25, -0.2) is 9.13 Å². The summed E-state index contributed by atoms with van der Waals surface area (Å²) in [5, 5.41) is 10.7. The number of esters is 4. The summed E-state index contributed by atoms with van der Waals surface area (Å²) in [6, 6.07) is 0. The van der Waals surface area contributed by atoms with Crippen molar-refractivity contribution in [1.82, 2.24) is 0 Å². The molecule has 0 rings (SSSR count). The second-order valence-electron chi connectivity index (χ2n) is 30.3. The van der Waals surface area contributed by atoms with Crippen LogP contribution in [0.3, 0.4) is 0 Å². The first-order chi connectivity index (χ1) is 49.9. The van der Waals surface area contributed by atoms with Gasteiger partial charge < -0.3 is 33.8 Å². The summed E-state index contributed by atoms with van der Waals surface area (Å²) in [4.78, 5) is 73.1. The van der Waals surface area contributed by atoms with Crippen molar-refractivity contribution >= 4 is 39.5 Å². The molecule has 103 heavy (non-hydrogen) atoms. The second-order valence-corrected chi connectivity index (χ2v) is 33.2. The smallest absolute Gasteiger partial charge is 0.462 e. The van der Waals surface area contributed by atoms with Crippen LogP contribution in [0.5, 0.6) is 0 Å². The molecule has 608 valence electrons. The van der Waals surface area contributed by atoms with Crippen LogP contribution >= 0.6 is 15.6 Å². The number of carbonyl (C=O) groups excluding carboxylic acids is 4. The Labute approximate surface area is 631 Å². The lowest BCUT2D eigenvalue weighted by Crippen LogP contribution is -2.30. The molecule has 0 saturated heterocycles. The lowest BCUT2D eigenvalue weighted by Gasteiger charge is -2.21. The molecule has 0 amide bonds. The standard InChI is InChI=1S/C84H160O17P2/c1-7-10-12-14-16-18-20-22-24-25-30-33-37-41-48-54-60-66-81(86)94-72-79(100-83(88)69-63-57-51-43-39-35-31-27-26-29-32-36-40-46-52-58-64-76(4)5)74-98-102(90,91)96-70-78(85)71-97-103(92,93)99-75-80(73-95-82(87)67-61-55-49-45-44-47-53-59-65-77(6)9-3)101-84(89)68-62-56-50-42-38-34-28-23-21-19-17-15-13-11-8-2/h19,21,23,28,76-80,85H,7-18,20,22,24-27,29-75H2,1-6H3,(H,90,91)(H,92,93)/b21-19-,28-23-/t77?,78-,79-,80-/m1/s1. The summed E-state index contributed by atoms with van der Waals surface area (Å²) in [6.07, 6.45) is 68.7. The van der Waals surface area contributed by atoms with Gasteiger partial charge in [0.1, 0.15) is 19.3 Å². The normalized spacial score (nSPS) is 14.3. The Morgan fingerprint density at radius 2 is 0.573 bits per heavy atom. The third-order valence-electron chi connectivity index (χ3n) is 19.4. The summed E-state index contributed by atoms with van der Waals surface area (Å²) in [5.41, 5.74) is 0. The molecule has 0 aliphatic rings. The van der Waals surface area contributed by atoms with Crippen molar-refractivity contribution in [3.63, 3.8) is 0 Å². The van der Waals surface area contributed by atoms with Crippen molar-refractivity contribution in [3.8, 4) is 0 Å². The van der Waals surface area contributed by atoms with E-state index < -0.39 is 97.5 Å². The average molecular weight is 1500 g/mol. The van der Waals surface area contributed by atoms with E-state index in [-0.39, 0.29) is 25.7 Å². The monoisotopic (exact) mass is 1500 g/mol. The molecule has 3 unspecified atom stereocenters. The van der Waals surface area contributed by atoms with Crippen molar-refractivity contribution < 1.29 is 80.2 Å². The van der Waals surface area contributed by atoms with Crippen LogP contribution in [0.15, 0.2) is 24.3 Å². The van der Waals surface area contributed by atoms with Crippen LogP contribution in [0.1, 0.15) is 420 Å². The molecule has 0 heterocycles. The van der Waals surface area contributed by atoms with Crippen LogP contribution in [-0.4, -0.2) is 96.7 Å². The predicted molar refractivity (Wildman–Crippen MR) is 423 cm³/mol. The molecule has 0 fully saturated rings. The van der Waals surface area contributed by atoms with Gasteiger partial charge in [0.15, 0.2) is 12.2 Å². The molecule has 19 heteroatoms. The number of rotatable bonds is 81. The zero-order chi connectivity index (χ0) is 75.6. The van der Waals surface area contributed by atoms with Crippen LogP contribution in [0.25, 0.3) is 0 Å². The molecule has 0 aromatic heterocycles. The fraction of sp³-hybridized carbons (Fsp3) is 0.905. The van der Waals surface area contributed by atoms with Crippen LogP contribution in [0.4, 0.5) is 0 Å². The van der Waals surface area contributed by atoms with Crippen molar-refractivity contribution in [2.75, 3.05) is 39.6 Å². The van der Waals surface area contributed by atoms with Gasteiger partial charge in [-0.15, -0.1) is 0 Å². The fourth-order valence-corrected chi connectivity index (χ4v) is 14.1. The highest BCUT2D eigenvalue weighted by Gasteiger charge is 2.30. The summed E-state index contributed by atoms with van der Waals surface area (Å²) in [7, 11) is -9.94. The first-order valence-corrected chi connectivity index (χ1v) is 45.8. The zero-order valence-electron chi connectivity index (χ0n) is 67.1. The fourth-order valence-electron chi connectivity index (χ4n) is 12.5. The highest BCUT2D eigenvalue weighted by atomic mass is 31.2. The number of carbonyl (C=O) groups is 4. The van der Waals surface area contributed by atoms with E-state index >= 15 is 0 Å². The Morgan fingerprint density at radius 3 is 0.874 bits per heavy atom. The molecule has 3 N–H and O–H groups in total. The highest BCUT2D eigenvalue weighted by molar-refractivity contribution is 7.47. The molecule has 0 spiro atoms. The predicted octanol–water partition coefficient (Wildman–Crippen LogP) is 25.0. The topological polar surface area (TPSA) is 237 Å². The van der Waals surface area contributed by atoms with Crippen LogP contribution in [0.2, 0.25) is 0 Å². The molecule has 0 aromatic carbocycles. The van der Waals surface area contributed by atoms with Gasteiger partial charge in [-0.3, -0.25) is 37.3 Å². The van der Waals surface area contributed by atoms with E-state index in [9.17, 15) is 43.2 Å². The number of phosphoric ester groups is 2. The summed E-state index contributed by atoms with van der Waals surface area (Å²) in [5.74, 6) is -0.552. The van der Waals surface area contributed by atoms with Crippen molar-refractivity contribution in [2.45, 2.75) is 439 Å². The minimum absolute atomic E-state index is 0.0848. The van der Waals surface area contributed by atoms with Gasteiger partial charge in [-0.1, -0.05) is 368 Å². The van der Waals surface area contributed by atoms with E-state index in [1.165, 1.54) is 225 Å².